The first-order valence-corrected chi connectivity index (χ1v) is 15.3. The molecular weight excluding hydrogens is 484 g/mol. The Hall–Kier alpha value is -2.58. The molecule has 0 aliphatic heterocycles. The fourth-order valence-electron chi connectivity index (χ4n) is 2.38. The van der Waals surface area contributed by atoms with Crippen LogP contribution in [0.1, 0.15) is 108 Å². The van der Waals surface area contributed by atoms with Crippen LogP contribution >= 0.6 is 0 Å². The number of allylic oxidation sites excluding steroid dienone is 3. The molecule has 40 heavy (non-hydrogen) atoms. The van der Waals surface area contributed by atoms with Gasteiger partial charge in [0.2, 0.25) is 0 Å². The fraction of sp³-hybridized carbons (Fsp3) is 0.526. The van der Waals surface area contributed by atoms with Crippen molar-refractivity contribution in [2.75, 3.05) is 13.6 Å². The summed E-state index contributed by atoms with van der Waals surface area (Å²) in [5, 5.41) is 3.11. The third-order valence-corrected chi connectivity index (χ3v) is 4.07. The molecule has 0 atom stereocenters. The maximum Gasteiger partial charge on any atom is 0.0106 e. The van der Waals surface area contributed by atoms with Crippen LogP contribution in [0.2, 0.25) is 0 Å². The largest absolute Gasteiger partial charge is 0.394 e. The molecule has 3 N–H and O–H groups in total. The summed E-state index contributed by atoms with van der Waals surface area (Å²) < 4.78 is 0. The summed E-state index contributed by atoms with van der Waals surface area (Å²) >= 11 is 0. The lowest BCUT2D eigenvalue weighted by Crippen LogP contribution is -2.11. The summed E-state index contributed by atoms with van der Waals surface area (Å²) in [6, 6.07) is 20.7. The molecular formula is C38H70N2. The Kier molecular flexibility index (Phi) is 43.0. The molecule has 0 saturated carbocycles. The third-order valence-electron chi connectivity index (χ3n) is 4.07. The van der Waals surface area contributed by atoms with Gasteiger partial charge in [0.25, 0.3) is 0 Å². The van der Waals surface area contributed by atoms with Gasteiger partial charge in [-0.1, -0.05) is 174 Å². The summed E-state index contributed by atoms with van der Waals surface area (Å²) in [5.74, 6) is 1.48. The predicted octanol–water partition coefficient (Wildman–Crippen LogP) is 11.7. The number of rotatable bonds is 5. The van der Waals surface area contributed by atoms with Crippen LogP contribution in [0.3, 0.4) is 0 Å². The number of nitrogens with two attached hydrogens (primary N) is 1. The van der Waals surface area contributed by atoms with Gasteiger partial charge in [0.15, 0.2) is 0 Å². The highest BCUT2D eigenvalue weighted by Gasteiger charge is 2.17. The first-order valence-electron chi connectivity index (χ1n) is 15.3. The summed E-state index contributed by atoms with van der Waals surface area (Å²) in [4.78, 5) is 0. The molecule has 232 valence electrons. The fourth-order valence-corrected chi connectivity index (χ4v) is 2.38. The minimum absolute atomic E-state index is 0.171. The zero-order valence-corrected chi connectivity index (χ0v) is 29.4. The van der Waals surface area contributed by atoms with Crippen LogP contribution < -0.4 is 11.1 Å². The van der Waals surface area contributed by atoms with Crippen molar-refractivity contribution in [2.24, 2.45) is 23.0 Å². The van der Waals surface area contributed by atoms with E-state index in [2.05, 4.69) is 130 Å². The van der Waals surface area contributed by atoms with Crippen LogP contribution in [0.15, 0.2) is 91.7 Å². The van der Waals surface area contributed by atoms with E-state index in [0.29, 0.717) is 12.5 Å². The zero-order chi connectivity index (χ0) is 32.4. The standard InChI is InChI=1S/C13H19N.C7H8.C6H13N.C4H10.C4H8.2C2H6/c1-13(2,3)12(10-14-4)11-8-6-5-7-9-11;1-7-5-3-2-4-6-7;1-6(2)4-3-5-7;1-4(2)3;1-3-4-2;2*1-2/h5-10,14H,1-4H3;2-6H,1H3;3-4,6H,5,7H2,1-2H3;4H,1-3H3;3H,1,4H2,2H3;2*1-2H3/b12-10+;;4-3-;;;;. The molecule has 0 heterocycles. The second-order valence-corrected chi connectivity index (χ2v) is 10.5. The van der Waals surface area contributed by atoms with E-state index in [1.165, 1.54) is 16.7 Å². The maximum atomic E-state index is 5.19. The van der Waals surface area contributed by atoms with Crippen molar-refractivity contribution < 1.29 is 0 Å². The van der Waals surface area contributed by atoms with Crippen molar-refractivity contribution in [1.29, 1.82) is 0 Å². The summed E-state index contributed by atoms with van der Waals surface area (Å²) in [7, 11) is 1.94. The van der Waals surface area contributed by atoms with Crippen molar-refractivity contribution in [1.82, 2.24) is 5.32 Å². The Morgan fingerprint density at radius 1 is 0.850 bits per heavy atom. The van der Waals surface area contributed by atoms with E-state index in [0.717, 1.165) is 12.3 Å². The molecule has 0 spiro atoms. The number of hydrogen-bond donors (Lipinski definition) is 2. The topological polar surface area (TPSA) is 38.0 Å². The van der Waals surface area contributed by atoms with Gasteiger partial charge in [-0.25, -0.2) is 0 Å². The Morgan fingerprint density at radius 2 is 1.23 bits per heavy atom. The highest BCUT2D eigenvalue weighted by atomic mass is 14.8. The molecule has 2 heteroatoms. The maximum absolute atomic E-state index is 5.19. The molecule has 0 radical (unpaired) electrons. The molecule has 0 aromatic heterocycles. The van der Waals surface area contributed by atoms with E-state index < -0.39 is 0 Å². The highest BCUT2D eigenvalue weighted by Crippen LogP contribution is 2.33. The van der Waals surface area contributed by atoms with Crippen LogP contribution in [0.5, 0.6) is 0 Å². The van der Waals surface area contributed by atoms with Crippen LogP contribution in [0, 0.1) is 24.2 Å². The third kappa shape index (κ3) is 42.5. The molecule has 0 aliphatic carbocycles. The second-order valence-electron chi connectivity index (χ2n) is 10.5. The Morgan fingerprint density at radius 3 is 1.43 bits per heavy atom. The molecule has 0 aliphatic rings. The van der Waals surface area contributed by atoms with E-state index in [9.17, 15) is 0 Å². The molecule has 2 rings (SSSR count). The summed E-state index contributed by atoms with van der Waals surface area (Å²) in [5.41, 5.74) is 9.30. The molecule has 2 aromatic carbocycles. The summed E-state index contributed by atoms with van der Waals surface area (Å²) in [6.45, 7) is 33.7. The summed E-state index contributed by atoms with van der Waals surface area (Å²) in [6.07, 6.45) is 9.11. The Balaban J connectivity index is -0.000000134. The van der Waals surface area contributed by atoms with Crippen molar-refractivity contribution in [3.8, 4) is 0 Å². The first kappa shape index (κ1) is 47.2. The van der Waals surface area contributed by atoms with Gasteiger partial charge in [-0.05, 0) is 41.7 Å². The monoisotopic (exact) mass is 555 g/mol. The minimum atomic E-state index is 0.171. The van der Waals surface area contributed by atoms with E-state index in [1.54, 1.807) is 0 Å². The number of nitrogens with one attached hydrogen (secondary N) is 1. The van der Waals surface area contributed by atoms with E-state index in [4.69, 9.17) is 5.73 Å². The molecule has 2 aromatic rings. The number of aryl methyl sites for hydroxylation is 1. The van der Waals surface area contributed by atoms with Gasteiger partial charge in [-0.3, -0.25) is 0 Å². The van der Waals surface area contributed by atoms with Crippen LogP contribution in [0.4, 0.5) is 0 Å². The molecule has 0 saturated heterocycles. The average Bonchev–Trinajstić information content (AvgIpc) is 2.93. The van der Waals surface area contributed by atoms with Crippen molar-refractivity contribution in [3.05, 3.63) is 103 Å². The van der Waals surface area contributed by atoms with Crippen molar-refractivity contribution in [3.63, 3.8) is 0 Å². The minimum Gasteiger partial charge on any atom is -0.394 e. The van der Waals surface area contributed by atoms with E-state index in [1.807, 2.05) is 71.2 Å². The van der Waals surface area contributed by atoms with Gasteiger partial charge >= 0.3 is 0 Å². The van der Waals surface area contributed by atoms with Gasteiger partial charge < -0.3 is 11.1 Å². The van der Waals surface area contributed by atoms with Crippen molar-refractivity contribution in [2.45, 2.75) is 103 Å². The van der Waals surface area contributed by atoms with Crippen molar-refractivity contribution >= 4 is 5.57 Å². The quantitative estimate of drug-likeness (QED) is 0.361. The molecule has 2 nitrogen and oxygen atoms in total. The lowest BCUT2D eigenvalue weighted by Gasteiger charge is -2.23. The van der Waals surface area contributed by atoms with Crippen LogP contribution in [-0.2, 0) is 0 Å². The van der Waals surface area contributed by atoms with Crippen LogP contribution in [-0.4, -0.2) is 13.6 Å². The highest BCUT2D eigenvalue weighted by molar-refractivity contribution is 5.69. The zero-order valence-electron chi connectivity index (χ0n) is 29.4. The SMILES string of the molecule is C=CCC.CC.CC.CC(C)/C=C\CN.CC(C)C.CN/C=C(\c1ccccc1)C(C)(C)C.Cc1ccccc1. The van der Waals surface area contributed by atoms with E-state index in [-0.39, 0.29) is 5.41 Å². The molecule has 0 amide bonds. The molecule has 0 fully saturated rings. The number of hydrogen-bond acceptors (Lipinski definition) is 2. The van der Waals surface area contributed by atoms with Gasteiger partial charge in [-0.2, -0.15) is 0 Å². The Labute approximate surface area is 253 Å². The van der Waals surface area contributed by atoms with Gasteiger partial charge in [0.1, 0.15) is 0 Å². The Bertz CT molecular complexity index is 761. The number of benzene rings is 2. The average molecular weight is 555 g/mol. The van der Waals surface area contributed by atoms with Gasteiger partial charge in [0, 0.05) is 19.8 Å². The molecule has 0 bridgehead atoms. The van der Waals surface area contributed by atoms with E-state index >= 15 is 0 Å². The molecule has 0 unspecified atom stereocenters. The lowest BCUT2D eigenvalue weighted by atomic mass is 9.83. The van der Waals surface area contributed by atoms with Crippen LogP contribution in [0.25, 0.3) is 5.57 Å². The lowest BCUT2D eigenvalue weighted by molar-refractivity contribution is 0.564. The first-order chi connectivity index (χ1) is 18.9. The smallest absolute Gasteiger partial charge is 0.0106 e. The van der Waals surface area contributed by atoms with Gasteiger partial charge in [-0.15, -0.1) is 6.58 Å². The van der Waals surface area contributed by atoms with Gasteiger partial charge in [0.05, 0.1) is 0 Å². The predicted molar refractivity (Wildman–Crippen MR) is 191 cm³/mol. The normalized spacial score (nSPS) is 9.80. The second kappa shape index (κ2) is 36.4.